The van der Waals surface area contributed by atoms with Crippen molar-refractivity contribution in [3.05, 3.63) is 0 Å². The summed E-state index contributed by atoms with van der Waals surface area (Å²) in [5.74, 6) is -0.0591. The highest BCUT2D eigenvalue weighted by Crippen LogP contribution is 2.31. The van der Waals surface area contributed by atoms with Crippen LogP contribution in [0.1, 0.15) is 58.8 Å². The zero-order chi connectivity index (χ0) is 32.7. The minimum Gasteiger partial charge on any atom is -0.389 e. The number of ether oxygens (including phenoxy) is 4. The Balaban J connectivity index is 1.73. The van der Waals surface area contributed by atoms with Gasteiger partial charge >= 0.3 is 0 Å². The van der Waals surface area contributed by atoms with E-state index in [-0.39, 0.29) is 25.4 Å². The Bertz CT molecular complexity index is 879. The van der Waals surface area contributed by atoms with Crippen LogP contribution in [0.4, 0.5) is 0 Å². The van der Waals surface area contributed by atoms with Gasteiger partial charge in [0.05, 0.1) is 18.2 Å². The molecule has 1 amide bonds. The fourth-order valence-corrected chi connectivity index (χ4v) is 6.01. The van der Waals surface area contributed by atoms with E-state index in [1.165, 1.54) is 0 Å². The molecule has 3 rings (SSSR count). The molecule has 1 saturated carbocycles. The van der Waals surface area contributed by atoms with Crippen LogP contribution in [0, 0.1) is 0 Å². The number of amides is 1. The molecule has 258 valence electrons. The third kappa shape index (κ3) is 8.83. The lowest BCUT2D eigenvalue weighted by Gasteiger charge is -2.48. The first-order valence-corrected chi connectivity index (χ1v) is 15.9. The predicted molar refractivity (Wildman–Crippen MR) is 158 cm³/mol. The number of rotatable bonds is 14. The maximum absolute atomic E-state index is 13.0. The van der Waals surface area contributed by atoms with Crippen LogP contribution in [0.2, 0.25) is 0 Å². The molecule has 0 spiro atoms. The van der Waals surface area contributed by atoms with Crippen molar-refractivity contribution in [3.63, 3.8) is 0 Å². The first-order valence-electron chi connectivity index (χ1n) is 15.9. The molecule has 0 bridgehead atoms. The summed E-state index contributed by atoms with van der Waals surface area (Å²) in [5, 5.41) is 53.6. The number of carbonyl (C=O) groups excluding carboxylic acids is 1. The minimum atomic E-state index is -1.49. The van der Waals surface area contributed by atoms with Gasteiger partial charge in [0.1, 0.15) is 48.8 Å². The minimum absolute atomic E-state index is 0.0374. The average molecular weight is 637 g/mol. The molecule has 0 aromatic heterocycles. The van der Waals surface area contributed by atoms with Crippen LogP contribution in [0.15, 0.2) is 0 Å². The molecule has 2 heterocycles. The van der Waals surface area contributed by atoms with Crippen molar-refractivity contribution in [1.82, 2.24) is 4.90 Å². The Labute approximate surface area is 259 Å². The Morgan fingerprint density at radius 3 is 1.93 bits per heavy atom. The van der Waals surface area contributed by atoms with Gasteiger partial charge in [-0.25, -0.2) is 0 Å². The van der Waals surface area contributed by atoms with Gasteiger partial charge in [-0.1, -0.05) is 33.1 Å². The van der Waals surface area contributed by atoms with E-state index in [4.69, 9.17) is 47.6 Å². The maximum atomic E-state index is 13.0. The number of unbranched alkanes of at least 4 members (excludes halogenated alkanes) is 3. The van der Waals surface area contributed by atoms with E-state index in [0.717, 1.165) is 32.1 Å². The van der Waals surface area contributed by atoms with Crippen LogP contribution in [-0.2, 0) is 23.7 Å². The molecule has 1 aliphatic carbocycles. The lowest BCUT2D eigenvalue weighted by atomic mass is 9.84. The highest BCUT2D eigenvalue weighted by molar-refractivity contribution is 5.76. The summed E-state index contributed by atoms with van der Waals surface area (Å²) < 4.78 is 23.6. The summed E-state index contributed by atoms with van der Waals surface area (Å²) in [5.41, 5.74) is 30.5. The molecule has 2 aliphatic heterocycles. The van der Waals surface area contributed by atoms with Crippen LogP contribution in [0.3, 0.4) is 0 Å². The predicted octanol–water partition coefficient (Wildman–Crippen LogP) is -4.11. The highest BCUT2D eigenvalue weighted by Gasteiger charge is 2.51. The Hall–Kier alpha value is -1.09. The normalized spacial score (nSPS) is 43.1. The summed E-state index contributed by atoms with van der Waals surface area (Å²) in [6.07, 6.45) is -9.14. The second-order valence-corrected chi connectivity index (χ2v) is 12.3. The largest absolute Gasteiger partial charge is 0.389 e. The molecule has 0 unspecified atom stereocenters. The lowest BCUT2D eigenvalue weighted by molar-refractivity contribution is -0.317. The zero-order valence-electron chi connectivity index (χ0n) is 25.8. The summed E-state index contributed by atoms with van der Waals surface area (Å²) in [6, 6.07) is -3.96. The molecular formula is C28H56N6O10. The highest BCUT2D eigenvalue weighted by atomic mass is 16.7. The molecule has 3 fully saturated rings. The number of aliphatic hydroxyl groups excluding tert-OH is 5. The molecule has 15 N–H and O–H groups in total. The average Bonchev–Trinajstić information content (AvgIpc) is 2.99. The van der Waals surface area contributed by atoms with Gasteiger partial charge in [-0.3, -0.25) is 4.79 Å². The van der Waals surface area contributed by atoms with Crippen molar-refractivity contribution in [3.8, 4) is 0 Å². The van der Waals surface area contributed by atoms with Gasteiger partial charge in [0, 0.05) is 38.1 Å². The van der Waals surface area contributed by atoms with Gasteiger partial charge in [0.2, 0.25) is 5.91 Å². The Kier molecular flexibility index (Phi) is 14.6. The fourth-order valence-electron chi connectivity index (χ4n) is 6.01. The molecule has 16 nitrogen and oxygen atoms in total. The van der Waals surface area contributed by atoms with E-state index in [1.54, 1.807) is 4.90 Å². The summed E-state index contributed by atoms with van der Waals surface area (Å²) in [4.78, 5) is 14.7. The van der Waals surface area contributed by atoms with Crippen LogP contribution < -0.4 is 28.7 Å². The van der Waals surface area contributed by atoms with E-state index in [9.17, 15) is 30.3 Å². The second-order valence-electron chi connectivity index (χ2n) is 12.3. The number of nitrogens with two attached hydrogens (primary N) is 5. The molecule has 16 heteroatoms. The monoisotopic (exact) mass is 636 g/mol. The van der Waals surface area contributed by atoms with Gasteiger partial charge in [0.15, 0.2) is 12.6 Å². The van der Waals surface area contributed by atoms with Crippen LogP contribution in [0.25, 0.3) is 0 Å². The topological polar surface area (TPSA) is 288 Å². The van der Waals surface area contributed by atoms with E-state index >= 15 is 0 Å². The molecule has 2 saturated heterocycles. The third-order valence-corrected chi connectivity index (χ3v) is 8.91. The number of nitrogens with zero attached hydrogens (tertiary/aromatic N) is 1. The maximum Gasteiger partial charge on any atom is 0.222 e. The molecular weight excluding hydrogens is 580 g/mol. The van der Waals surface area contributed by atoms with E-state index in [1.807, 2.05) is 6.92 Å². The third-order valence-electron chi connectivity index (χ3n) is 8.91. The van der Waals surface area contributed by atoms with Crippen molar-refractivity contribution in [1.29, 1.82) is 0 Å². The van der Waals surface area contributed by atoms with Gasteiger partial charge in [-0.15, -0.1) is 0 Å². The summed E-state index contributed by atoms with van der Waals surface area (Å²) in [7, 11) is 0. The molecule has 15 atom stereocenters. The van der Waals surface area contributed by atoms with Crippen LogP contribution >= 0.6 is 0 Å². The number of hydrogen-bond donors (Lipinski definition) is 10. The summed E-state index contributed by atoms with van der Waals surface area (Å²) >= 11 is 0. The van der Waals surface area contributed by atoms with Crippen molar-refractivity contribution >= 4 is 5.91 Å². The van der Waals surface area contributed by atoms with Gasteiger partial charge < -0.3 is 78.0 Å². The van der Waals surface area contributed by atoms with Gasteiger partial charge in [0.25, 0.3) is 0 Å². The van der Waals surface area contributed by atoms with Crippen molar-refractivity contribution in [2.75, 3.05) is 19.6 Å². The fraction of sp³-hybridized carbons (Fsp3) is 0.964. The molecule has 3 aliphatic rings. The second kappa shape index (κ2) is 17.2. The quantitative estimate of drug-likeness (QED) is 0.0811. The first kappa shape index (κ1) is 37.4. The standard InChI is InChI=1S/C28H56N6O10/c1-3-5-7-8-17(35)34(9-6-4-2)12-16-20(36)18(32)23(39)28(42-16)44-26-14(31)10-13(30)25(24(26)40)43-27-19(33)22(38)21(37)15(11-29)41-27/h13-16,18-28,36-40H,3-12,29-33H2,1-2H3/t13-,14+,15+,16+,18-,19+,20+,21+,22+,23+,24-,25+,26-,27+,28+/m0/s1. The van der Waals surface area contributed by atoms with Crippen molar-refractivity contribution in [2.24, 2.45) is 28.7 Å². The Morgan fingerprint density at radius 2 is 1.34 bits per heavy atom. The number of carbonyl (C=O) groups is 1. The lowest BCUT2D eigenvalue weighted by Crippen LogP contribution is -2.69. The van der Waals surface area contributed by atoms with Crippen LogP contribution in [0.5, 0.6) is 0 Å². The smallest absolute Gasteiger partial charge is 0.222 e. The molecule has 0 aromatic rings. The van der Waals surface area contributed by atoms with E-state index in [0.29, 0.717) is 13.0 Å². The number of hydrogen-bond acceptors (Lipinski definition) is 15. The SMILES string of the molecule is CCCCCC(=O)N(CCCC)C[C@H]1O[C@H](O[C@@H]2[C@@H](O)[C@H](O[C@H]3O[C@H](CN)[C@@H](O)[C@H](O)[C@H]3N)[C@@H](N)C[C@H]2N)[C@H](O)[C@@H](N)[C@@H]1O. The molecule has 44 heavy (non-hydrogen) atoms. The molecule has 0 aromatic carbocycles. The van der Waals surface area contributed by atoms with Gasteiger partial charge in [-0.2, -0.15) is 0 Å². The Morgan fingerprint density at radius 1 is 0.750 bits per heavy atom. The van der Waals surface area contributed by atoms with E-state index in [2.05, 4.69) is 6.92 Å². The van der Waals surface area contributed by atoms with Crippen LogP contribution in [-0.4, -0.2) is 148 Å². The summed E-state index contributed by atoms with van der Waals surface area (Å²) in [6.45, 7) is 4.46. The number of aliphatic hydroxyl groups is 5. The molecule has 0 radical (unpaired) electrons. The van der Waals surface area contributed by atoms with Gasteiger partial charge in [-0.05, 0) is 19.3 Å². The van der Waals surface area contributed by atoms with Crippen molar-refractivity contribution in [2.45, 2.75) is 150 Å². The zero-order valence-corrected chi connectivity index (χ0v) is 25.8. The van der Waals surface area contributed by atoms with Crippen molar-refractivity contribution < 1.29 is 49.3 Å². The van der Waals surface area contributed by atoms with E-state index < -0.39 is 91.7 Å². The first-order chi connectivity index (χ1) is 20.9.